The SMILES string of the molecule is CCCCCCCCCCCCCCCC(=O)OC(CCCCCCC)CCCCCCCC. The molecule has 2 nitrogen and oxygen atoms in total. The number of unbranched alkanes of at least 4 members (excludes halogenated alkanes) is 21. The topological polar surface area (TPSA) is 26.3 Å². The van der Waals surface area contributed by atoms with Crippen molar-refractivity contribution < 1.29 is 9.53 Å². The Balaban J connectivity index is 3.79. The van der Waals surface area contributed by atoms with Crippen LogP contribution in [0.3, 0.4) is 0 Å². The molecular formula is C32H64O2. The second kappa shape index (κ2) is 28.7. The summed E-state index contributed by atoms with van der Waals surface area (Å²) < 4.78 is 5.95. The molecule has 1 unspecified atom stereocenters. The first kappa shape index (κ1) is 33.5. The van der Waals surface area contributed by atoms with Gasteiger partial charge in [0.25, 0.3) is 0 Å². The van der Waals surface area contributed by atoms with Crippen LogP contribution in [0.1, 0.15) is 194 Å². The average Bonchev–Trinajstić information content (AvgIpc) is 2.83. The molecule has 2 heteroatoms. The van der Waals surface area contributed by atoms with Gasteiger partial charge in [0.05, 0.1) is 0 Å². The Labute approximate surface area is 215 Å². The third-order valence-corrected chi connectivity index (χ3v) is 7.29. The minimum Gasteiger partial charge on any atom is -0.462 e. The number of ether oxygens (including phenoxy) is 1. The smallest absolute Gasteiger partial charge is 0.306 e. The van der Waals surface area contributed by atoms with Crippen LogP contribution in [0.4, 0.5) is 0 Å². The summed E-state index contributed by atoms with van der Waals surface area (Å²) in [4.78, 5) is 12.4. The van der Waals surface area contributed by atoms with E-state index in [1.54, 1.807) is 0 Å². The van der Waals surface area contributed by atoms with Crippen molar-refractivity contribution in [2.24, 2.45) is 0 Å². The monoisotopic (exact) mass is 480 g/mol. The lowest BCUT2D eigenvalue weighted by Gasteiger charge is -2.18. The summed E-state index contributed by atoms with van der Waals surface area (Å²) in [5, 5.41) is 0. The molecule has 0 radical (unpaired) electrons. The van der Waals surface area contributed by atoms with Crippen molar-refractivity contribution >= 4 is 5.97 Å². The van der Waals surface area contributed by atoms with Crippen molar-refractivity contribution in [3.8, 4) is 0 Å². The van der Waals surface area contributed by atoms with Gasteiger partial charge in [-0.15, -0.1) is 0 Å². The molecule has 0 aromatic rings. The molecule has 0 heterocycles. The third kappa shape index (κ3) is 26.1. The van der Waals surface area contributed by atoms with Gasteiger partial charge in [0.2, 0.25) is 0 Å². The Morgan fingerprint density at radius 1 is 0.441 bits per heavy atom. The number of hydrogen-bond acceptors (Lipinski definition) is 2. The van der Waals surface area contributed by atoms with E-state index in [0.717, 1.165) is 19.3 Å². The van der Waals surface area contributed by atoms with Gasteiger partial charge in [-0.1, -0.05) is 156 Å². The van der Waals surface area contributed by atoms with Gasteiger partial charge < -0.3 is 4.74 Å². The van der Waals surface area contributed by atoms with Gasteiger partial charge in [-0.05, 0) is 32.1 Å². The Morgan fingerprint density at radius 2 is 0.735 bits per heavy atom. The van der Waals surface area contributed by atoms with Crippen molar-refractivity contribution in [1.29, 1.82) is 0 Å². The van der Waals surface area contributed by atoms with Gasteiger partial charge in [0.1, 0.15) is 6.10 Å². The molecule has 1 atom stereocenters. The van der Waals surface area contributed by atoms with Gasteiger partial charge in [-0.25, -0.2) is 0 Å². The summed E-state index contributed by atoms with van der Waals surface area (Å²) in [6.07, 6.45) is 34.7. The van der Waals surface area contributed by atoms with E-state index in [2.05, 4.69) is 20.8 Å². The summed E-state index contributed by atoms with van der Waals surface area (Å²) in [5.74, 6) is 0.0626. The molecule has 0 bridgehead atoms. The minimum absolute atomic E-state index is 0.0626. The van der Waals surface area contributed by atoms with E-state index in [1.165, 1.54) is 148 Å². The standard InChI is InChI=1S/C32H64O2/c1-4-7-10-13-15-16-17-18-19-20-21-24-27-30-32(33)34-31(28-25-22-12-9-6-3)29-26-23-14-11-8-5-2/h31H,4-30H2,1-3H3. The average molecular weight is 481 g/mol. The van der Waals surface area contributed by atoms with Gasteiger partial charge in [0.15, 0.2) is 0 Å². The fraction of sp³-hybridized carbons (Fsp3) is 0.969. The lowest BCUT2D eigenvalue weighted by molar-refractivity contribution is -0.150. The van der Waals surface area contributed by atoms with Crippen molar-refractivity contribution in [2.45, 2.75) is 200 Å². The van der Waals surface area contributed by atoms with Crippen LogP contribution >= 0.6 is 0 Å². The summed E-state index contributed by atoms with van der Waals surface area (Å²) in [7, 11) is 0. The zero-order valence-corrected chi connectivity index (χ0v) is 24.0. The van der Waals surface area contributed by atoms with E-state index >= 15 is 0 Å². The first-order valence-electron chi connectivity index (χ1n) is 15.9. The van der Waals surface area contributed by atoms with E-state index in [1.807, 2.05) is 0 Å². The van der Waals surface area contributed by atoms with E-state index < -0.39 is 0 Å². The molecule has 0 spiro atoms. The van der Waals surface area contributed by atoms with E-state index in [9.17, 15) is 4.79 Å². The fourth-order valence-electron chi connectivity index (χ4n) is 4.92. The summed E-state index contributed by atoms with van der Waals surface area (Å²) in [5.41, 5.74) is 0. The maximum absolute atomic E-state index is 12.4. The molecule has 34 heavy (non-hydrogen) atoms. The van der Waals surface area contributed by atoms with Crippen LogP contribution in [-0.4, -0.2) is 12.1 Å². The van der Waals surface area contributed by atoms with Crippen LogP contribution in [-0.2, 0) is 9.53 Å². The predicted molar refractivity (Wildman–Crippen MR) is 152 cm³/mol. The van der Waals surface area contributed by atoms with Gasteiger partial charge in [0, 0.05) is 6.42 Å². The molecule has 0 aliphatic heterocycles. The molecule has 0 fully saturated rings. The summed E-state index contributed by atoms with van der Waals surface area (Å²) >= 11 is 0. The molecule has 0 rings (SSSR count). The second-order valence-electron chi connectivity index (χ2n) is 10.9. The highest BCUT2D eigenvalue weighted by molar-refractivity contribution is 5.69. The molecule has 0 aliphatic carbocycles. The third-order valence-electron chi connectivity index (χ3n) is 7.29. The Morgan fingerprint density at radius 3 is 1.09 bits per heavy atom. The van der Waals surface area contributed by atoms with Gasteiger partial charge in [-0.2, -0.15) is 0 Å². The van der Waals surface area contributed by atoms with E-state index in [0.29, 0.717) is 6.42 Å². The Kier molecular flexibility index (Phi) is 28.3. The zero-order valence-electron chi connectivity index (χ0n) is 24.0. The van der Waals surface area contributed by atoms with Crippen LogP contribution in [0.2, 0.25) is 0 Å². The largest absolute Gasteiger partial charge is 0.462 e. The van der Waals surface area contributed by atoms with Crippen molar-refractivity contribution in [3.63, 3.8) is 0 Å². The van der Waals surface area contributed by atoms with Gasteiger partial charge in [-0.3, -0.25) is 4.79 Å². The highest BCUT2D eigenvalue weighted by Gasteiger charge is 2.14. The van der Waals surface area contributed by atoms with Crippen LogP contribution in [0.25, 0.3) is 0 Å². The molecule has 0 N–H and O–H groups in total. The van der Waals surface area contributed by atoms with E-state index in [-0.39, 0.29) is 12.1 Å². The first-order chi connectivity index (χ1) is 16.7. The van der Waals surface area contributed by atoms with Crippen LogP contribution in [0.15, 0.2) is 0 Å². The Bertz CT molecular complexity index is 392. The molecule has 0 amide bonds. The molecule has 0 saturated heterocycles. The fourth-order valence-corrected chi connectivity index (χ4v) is 4.92. The maximum Gasteiger partial charge on any atom is 0.306 e. The molecular weight excluding hydrogens is 416 g/mol. The maximum atomic E-state index is 12.4. The van der Waals surface area contributed by atoms with Gasteiger partial charge >= 0.3 is 5.97 Å². The summed E-state index contributed by atoms with van der Waals surface area (Å²) in [6.45, 7) is 6.82. The predicted octanol–water partition coefficient (Wildman–Crippen LogP) is 11.5. The number of carbonyl (C=O) groups is 1. The molecule has 0 aromatic carbocycles. The normalized spacial score (nSPS) is 12.2. The first-order valence-corrected chi connectivity index (χ1v) is 15.9. The minimum atomic E-state index is 0.0626. The van der Waals surface area contributed by atoms with Crippen molar-refractivity contribution in [3.05, 3.63) is 0 Å². The molecule has 0 saturated carbocycles. The second-order valence-corrected chi connectivity index (χ2v) is 10.9. The lowest BCUT2D eigenvalue weighted by atomic mass is 10.0. The molecule has 0 aromatic heterocycles. The zero-order chi connectivity index (χ0) is 25.0. The molecule has 204 valence electrons. The highest BCUT2D eigenvalue weighted by atomic mass is 16.5. The number of hydrogen-bond donors (Lipinski definition) is 0. The molecule has 0 aliphatic rings. The van der Waals surface area contributed by atoms with Crippen molar-refractivity contribution in [2.75, 3.05) is 0 Å². The van der Waals surface area contributed by atoms with Crippen LogP contribution in [0.5, 0.6) is 0 Å². The van der Waals surface area contributed by atoms with Crippen LogP contribution in [0, 0.1) is 0 Å². The van der Waals surface area contributed by atoms with Crippen LogP contribution < -0.4 is 0 Å². The number of esters is 1. The highest BCUT2D eigenvalue weighted by Crippen LogP contribution is 2.18. The Hall–Kier alpha value is -0.530. The summed E-state index contributed by atoms with van der Waals surface area (Å²) in [6, 6.07) is 0. The van der Waals surface area contributed by atoms with E-state index in [4.69, 9.17) is 4.74 Å². The quantitative estimate of drug-likeness (QED) is 0.0821. The number of rotatable bonds is 28. The lowest BCUT2D eigenvalue weighted by Crippen LogP contribution is -2.18. The van der Waals surface area contributed by atoms with Crippen molar-refractivity contribution in [1.82, 2.24) is 0 Å². The number of carbonyl (C=O) groups excluding carboxylic acids is 1.